The van der Waals surface area contributed by atoms with Crippen LogP contribution in [-0.4, -0.2) is 25.6 Å². The molecule has 24 heavy (non-hydrogen) atoms. The van der Waals surface area contributed by atoms with E-state index < -0.39 is 5.97 Å². The zero-order valence-electron chi connectivity index (χ0n) is 12.6. The number of aromatic amines is 1. The van der Waals surface area contributed by atoms with Gasteiger partial charge in [0.1, 0.15) is 12.2 Å². The number of carboxylic acid groups (broad SMARTS) is 1. The van der Waals surface area contributed by atoms with Gasteiger partial charge in [-0.3, -0.25) is 9.59 Å². The number of carbonyl (C=O) groups is 1. The van der Waals surface area contributed by atoms with Gasteiger partial charge in [-0.15, -0.1) is 0 Å². The van der Waals surface area contributed by atoms with E-state index >= 15 is 0 Å². The lowest BCUT2D eigenvalue weighted by atomic mass is 10.1. The molecule has 0 atom stereocenters. The van der Waals surface area contributed by atoms with Crippen LogP contribution in [0.25, 0.3) is 33.2 Å². The fraction of sp³-hybridized carbons (Fsp3) is 0.0556. The largest absolute Gasteiger partial charge is 0.480 e. The summed E-state index contributed by atoms with van der Waals surface area (Å²) >= 11 is 0. The van der Waals surface area contributed by atoms with Crippen LogP contribution in [0.2, 0.25) is 0 Å². The van der Waals surface area contributed by atoms with Crippen LogP contribution in [0.3, 0.4) is 0 Å². The molecule has 4 aromatic rings. The summed E-state index contributed by atoms with van der Waals surface area (Å²) < 4.78 is 1.61. The summed E-state index contributed by atoms with van der Waals surface area (Å²) in [6.45, 7) is -0.175. The highest BCUT2D eigenvalue weighted by Gasteiger charge is 2.16. The molecule has 0 saturated heterocycles. The molecular weight excluding hydrogens is 306 g/mol. The number of nitrogens with zero attached hydrogens (tertiary/aromatic N) is 2. The fourth-order valence-electron chi connectivity index (χ4n) is 2.92. The average Bonchev–Trinajstić information content (AvgIpc) is 2.92. The summed E-state index contributed by atoms with van der Waals surface area (Å²) in [4.78, 5) is 30.9. The van der Waals surface area contributed by atoms with Gasteiger partial charge in [-0.25, -0.2) is 4.98 Å². The van der Waals surface area contributed by atoms with Gasteiger partial charge in [-0.2, -0.15) is 0 Å². The third kappa shape index (κ3) is 2.25. The molecule has 118 valence electrons. The minimum Gasteiger partial charge on any atom is -0.480 e. The summed E-state index contributed by atoms with van der Waals surface area (Å²) in [5, 5.41) is 9.90. The van der Waals surface area contributed by atoms with Gasteiger partial charge in [0.05, 0.1) is 11.0 Å². The maximum atomic E-state index is 12.5. The quantitative estimate of drug-likeness (QED) is 0.607. The third-order valence-electron chi connectivity index (χ3n) is 3.95. The van der Waals surface area contributed by atoms with Crippen molar-refractivity contribution in [3.05, 3.63) is 65.1 Å². The van der Waals surface area contributed by atoms with E-state index in [0.717, 1.165) is 10.9 Å². The Balaban J connectivity index is 2.01. The number of para-hydroxylation sites is 3. The molecule has 0 aliphatic rings. The first-order valence-corrected chi connectivity index (χ1v) is 7.42. The number of rotatable bonds is 3. The lowest BCUT2D eigenvalue weighted by Crippen LogP contribution is -2.11. The van der Waals surface area contributed by atoms with Crippen LogP contribution in [0, 0.1) is 0 Å². The summed E-state index contributed by atoms with van der Waals surface area (Å²) in [5.74, 6) is -0.942. The summed E-state index contributed by atoms with van der Waals surface area (Å²) in [6, 6.07) is 14.7. The van der Waals surface area contributed by atoms with Crippen molar-refractivity contribution >= 4 is 27.9 Å². The maximum absolute atomic E-state index is 12.5. The predicted octanol–water partition coefficient (Wildman–Crippen LogP) is 2.63. The Kier molecular flexibility index (Phi) is 3.16. The van der Waals surface area contributed by atoms with Gasteiger partial charge in [0.2, 0.25) is 0 Å². The van der Waals surface area contributed by atoms with E-state index in [4.69, 9.17) is 5.11 Å². The Morgan fingerprint density at radius 2 is 1.88 bits per heavy atom. The Hall–Kier alpha value is -3.41. The average molecular weight is 319 g/mol. The van der Waals surface area contributed by atoms with Crippen molar-refractivity contribution in [2.45, 2.75) is 6.54 Å². The molecule has 2 N–H and O–H groups in total. The SMILES string of the molecule is O=C(O)Cn1cc(-c2nc3ccccc3[nH]c2=O)c2ccccc21. The molecule has 0 unspecified atom stereocenters. The molecule has 4 rings (SSSR count). The molecule has 0 aliphatic heterocycles. The fourth-order valence-corrected chi connectivity index (χ4v) is 2.92. The van der Waals surface area contributed by atoms with E-state index in [1.807, 2.05) is 42.5 Å². The third-order valence-corrected chi connectivity index (χ3v) is 3.95. The first-order valence-electron chi connectivity index (χ1n) is 7.42. The summed E-state index contributed by atoms with van der Waals surface area (Å²) in [6.07, 6.45) is 1.67. The Bertz CT molecular complexity index is 1140. The predicted molar refractivity (Wildman–Crippen MR) is 90.9 cm³/mol. The van der Waals surface area contributed by atoms with Crippen LogP contribution < -0.4 is 5.56 Å². The van der Waals surface area contributed by atoms with Crippen molar-refractivity contribution in [2.24, 2.45) is 0 Å². The van der Waals surface area contributed by atoms with Gasteiger partial charge in [-0.05, 0) is 18.2 Å². The highest BCUT2D eigenvalue weighted by atomic mass is 16.4. The molecule has 0 bridgehead atoms. The number of H-pyrrole nitrogens is 1. The van der Waals surface area contributed by atoms with Crippen LogP contribution in [0.5, 0.6) is 0 Å². The molecule has 0 radical (unpaired) electrons. The zero-order chi connectivity index (χ0) is 16.7. The first-order chi connectivity index (χ1) is 11.6. The second-order valence-corrected chi connectivity index (χ2v) is 5.51. The van der Waals surface area contributed by atoms with Crippen LogP contribution >= 0.6 is 0 Å². The minimum absolute atomic E-state index is 0.175. The van der Waals surface area contributed by atoms with Gasteiger partial charge < -0.3 is 14.7 Å². The van der Waals surface area contributed by atoms with Crippen molar-refractivity contribution in [3.63, 3.8) is 0 Å². The minimum atomic E-state index is -0.942. The number of benzene rings is 2. The highest BCUT2D eigenvalue weighted by molar-refractivity contribution is 5.96. The van der Waals surface area contributed by atoms with Gasteiger partial charge in [0.15, 0.2) is 0 Å². The molecule has 6 nitrogen and oxygen atoms in total. The molecule has 0 aliphatic carbocycles. The van der Waals surface area contributed by atoms with Crippen molar-refractivity contribution < 1.29 is 9.90 Å². The maximum Gasteiger partial charge on any atom is 0.323 e. The van der Waals surface area contributed by atoms with Gasteiger partial charge in [-0.1, -0.05) is 30.3 Å². The second kappa shape index (κ2) is 5.34. The van der Waals surface area contributed by atoms with E-state index in [1.165, 1.54) is 0 Å². The molecule has 0 amide bonds. The standard InChI is InChI=1S/C18H13N3O3/c22-16(23)10-21-9-12(11-5-1-4-8-15(11)21)17-18(24)20-14-7-3-2-6-13(14)19-17/h1-9H,10H2,(H,20,24)(H,22,23). The lowest BCUT2D eigenvalue weighted by molar-refractivity contribution is -0.137. The zero-order valence-corrected chi connectivity index (χ0v) is 12.6. The van der Waals surface area contributed by atoms with Crippen LogP contribution in [0.4, 0.5) is 0 Å². The van der Waals surface area contributed by atoms with Crippen molar-refractivity contribution in [1.82, 2.24) is 14.5 Å². The highest BCUT2D eigenvalue weighted by Crippen LogP contribution is 2.28. The molecule has 6 heteroatoms. The number of hydrogen-bond acceptors (Lipinski definition) is 3. The smallest absolute Gasteiger partial charge is 0.323 e. The normalized spacial score (nSPS) is 11.2. The van der Waals surface area contributed by atoms with E-state index in [1.54, 1.807) is 16.8 Å². The summed E-state index contributed by atoms with van der Waals surface area (Å²) in [5.41, 5.74) is 2.71. The van der Waals surface area contributed by atoms with Crippen LogP contribution in [0.1, 0.15) is 0 Å². The van der Waals surface area contributed by atoms with Gasteiger partial charge in [0, 0.05) is 22.7 Å². The van der Waals surface area contributed by atoms with E-state index in [0.29, 0.717) is 16.6 Å². The number of hydrogen-bond donors (Lipinski definition) is 2. The second-order valence-electron chi connectivity index (χ2n) is 5.51. The molecule has 0 spiro atoms. The number of fused-ring (bicyclic) bond motifs is 2. The molecule has 2 aromatic carbocycles. The van der Waals surface area contributed by atoms with Crippen molar-refractivity contribution in [3.8, 4) is 11.3 Å². The van der Waals surface area contributed by atoms with Crippen LogP contribution in [-0.2, 0) is 11.3 Å². The van der Waals surface area contributed by atoms with E-state index in [-0.39, 0.29) is 17.8 Å². The topological polar surface area (TPSA) is 88.0 Å². The van der Waals surface area contributed by atoms with Crippen LogP contribution in [0.15, 0.2) is 59.5 Å². The monoisotopic (exact) mass is 319 g/mol. The number of carboxylic acids is 1. The van der Waals surface area contributed by atoms with Crippen molar-refractivity contribution in [2.75, 3.05) is 0 Å². The van der Waals surface area contributed by atoms with Gasteiger partial charge in [0.25, 0.3) is 5.56 Å². The molecular formula is C18H13N3O3. The van der Waals surface area contributed by atoms with Crippen molar-refractivity contribution in [1.29, 1.82) is 0 Å². The number of aliphatic carboxylic acids is 1. The lowest BCUT2D eigenvalue weighted by Gasteiger charge is -2.01. The molecule has 2 aromatic heterocycles. The van der Waals surface area contributed by atoms with E-state index in [9.17, 15) is 9.59 Å². The molecule has 0 saturated carbocycles. The van der Waals surface area contributed by atoms with E-state index in [2.05, 4.69) is 9.97 Å². The van der Waals surface area contributed by atoms with Gasteiger partial charge >= 0.3 is 5.97 Å². The summed E-state index contributed by atoms with van der Waals surface area (Å²) in [7, 11) is 0. The Morgan fingerprint density at radius 3 is 2.71 bits per heavy atom. The number of aromatic nitrogens is 3. The Labute approximate surface area is 136 Å². The molecule has 2 heterocycles. The Morgan fingerprint density at radius 1 is 1.12 bits per heavy atom. The molecule has 0 fully saturated rings. The number of nitrogens with one attached hydrogen (secondary N) is 1. The first kappa shape index (κ1) is 14.2.